The Morgan fingerprint density at radius 2 is 1.86 bits per heavy atom. The Balaban J connectivity index is 1.57. The molecule has 29 heavy (non-hydrogen) atoms. The van der Waals surface area contributed by atoms with Crippen molar-refractivity contribution < 1.29 is 17.9 Å². The third-order valence-electron chi connectivity index (χ3n) is 5.08. The van der Waals surface area contributed by atoms with Crippen molar-refractivity contribution in [2.24, 2.45) is 5.92 Å². The summed E-state index contributed by atoms with van der Waals surface area (Å²) in [5, 5.41) is 3.61. The van der Waals surface area contributed by atoms with Crippen LogP contribution >= 0.6 is 11.6 Å². The molecular weight excluding hydrogens is 412 g/mol. The molecular formula is C21H25ClN2O4S. The van der Waals surface area contributed by atoms with E-state index in [9.17, 15) is 13.2 Å². The van der Waals surface area contributed by atoms with E-state index in [0.29, 0.717) is 43.1 Å². The van der Waals surface area contributed by atoms with Crippen LogP contribution in [0.15, 0.2) is 53.4 Å². The van der Waals surface area contributed by atoms with Crippen molar-refractivity contribution in [3.8, 4) is 5.75 Å². The summed E-state index contributed by atoms with van der Waals surface area (Å²) in [6.45, 7) is 1.12. The minimum absolute atomic E-state index is 0.103. The number of halogens is 1. The molecule has 1 amide bonds. The molecule has 1 heterocycles. The fourth-order valence-electron chi connectivity index (χ4n) is 3.40. The van der Waals surface area contributed by atoms with Gasteiger partial charge in [0.1, 0.15) is 5.75 Å². The zero-order valence-electron chi connectivity index (χ0n) is 16.3. The molecule has 156 valence electrons. The number of carbonyl (C=O) groups excluding carboxylic acids is 1. The fourth-order valence-corrected chi connectivity index (χ4v) is 5.05. The van der Waals surface area contributed by atoms with Gasteiger partial charge >= 0.3 is 0 Å². The average molecular weight is 437 g/mol. The summed E-state index contributed by atoms with van der Waals surface area (Å²) >= 11 is 5.88. The molecule has 1 saturated heterocycles. The molecule has 1 atom stereocenters. The molecule has 0 bridgehead atoms. The fraction of sp³-hybridized carbons (Fsp3) is 0.381. The lowest BCUT2D eigenvalue weighted by atomic mass is 9.99. The zero-order chi connectivity index (χ0) is 20.9. The largest absolute Gasteiger partial charge is 0.497 e. The standard InChI is InChI=1S/C21H25ClN2O4S/c1-28-19-8-10-20(11-9-19)29(26,27)24-14-2-3-17(15-24)21(25)23-13-12-16-4-6-18(22)7-5-16/h4-11,17H,2-3,12-15H2,1H3,(H,23,25)/t17-/m0/s1. The number of methoxy groups -OCH3 is 1. The predicted octanol–water partition coefficient (Wildman–Crippen LogP) is 3.11. The second-order valence-corrected chi connectivity index (χ2v) is 9.42. The van der Waals surface area contributed by atoms with Gasteiger partial charge in [-0.2, -0.15) is 4.31 Å². The number of piperidine rings is 1. The lowest BCUT2D eigenvalue weighted by Crippen LogP contribution is -2.45. The van der Waals surface area contributed by atoms with E-state index in [2.05, 4.69) is 5.32 Å². The van der Waals surface area contributed by atoms with Gasteiger partial charge in [0.15, 0.2) is 0 Å². The van der Waals surface area contributed by atoms with Crippen molar-refractivity contribution in [3.05, 3.63) is 59.1 Å². The molecule has 0 aliphatic carbocycles. The quantitative estimate of drug-likeness (QED) is 0.723. The Morgan fingerprint density at radius 1 is 1.17 bits per heavy atom. The van der Waals surface area contributed by atoms with Crippen LogP contribution in [-0.2, 0) is 21.2 Å². The van der Waals surface area contributed by atoms with Crippen molar-refractivity contribution in [3.63, 3.8) is 0 Å². The number of carbonyl (C=O) groups is 1. The molecule has 2 aromatic rings. The maximum Gasteiger partial charge on any atom is 0.243 e. The predicted molar refractivity (Wildman–Crippen MR) is 113 cm³/mol. The number of hydrogen-bond donors (Lipinski definition) is 1. The van der Waals surface area contributed by atoms with Gasteiger partial charge in [-0.05, 0) is 61.2 Å². The number of nitrogens with zero attached hydrogens (tertiary/aromatic N) is 1. The van der Waals surface area contributed by atoms with E-state index < -0.39 is 10.0 Å². The highest BCUT2D eigenvalue weighted by Crippen LogP contribution is 2.25. The Hall–Kier alpha value is -2.09. The highest BCUT2D eigenvalue weighted by molar-refractivity contribution is 7.89. The lowest BCUT2D eigenvalue weighted by Gasteiger charge is -2.31. The van der Waals surface area contributed by atoms with Gasteiger partial charge in [-0.1, -0.05) is 23.7 Å². The van der Waals surface area contributed by atoms with Gasteiger partial charge in [-0.15, -0.1) is 0 Å². The van der Waals surface area contributed by atoms with E-state index in [1.165, 1.54) is 23.5 Å². The third kappa shape index (κ3) is 5.50. The topological polar surface area (TPSA) is 75.7 Å². The van der Waals surface area contributed by atoms with Crippen LogP contribution in [0, 0.1) is 5.92 Å². The molecule has 6 nitrogen and oxygen atoms in total. The summed E-state index contributed by atoms with van der Waals surface area (Å²) in [4.78, 5) is 12.8. The highest BCUT2D eigenvalue weighted by Gasteiger charge is 2.33. The SMILES string of the molecule is COc1ccc(S(=O)(=O)N2CCC[C@H](C(=O)NCCc3ccc(Cl)cc3)C2)cc1. The second kappa shape index (κ2) is 9.61. The van der Waals surface area contributed by atoms with Crippen molar-refractivity contribution in [1.29, 1.82) is 0 Å². The van der Waals surface area contributed by atoms with Crippen LogP contribution in [0.3, 0.4) is 0 Å². The maximum atomic E-state index is 12.9. The average Bonchev–Trinajstić information content (AvgIpc) is 2.75. The summed E-state index contributed by atoms with van der Waals surface area (Å²) in [5.41, 5.74) is 1.09. The van der Waals surface area contributed by atoms with Crippen LogP contribution in [0.2, 0.25) is 5.02 Å². The van der Waals surface area contributed by atoms with E-state index in [4.69, 9.17) is 16.3 Å². The molecule has 3 rings (SSSR count). The first-order valence-electron chi connectivity index (χ1n) is 9.56. The van der Waals surface area contributed by atoms with Gasteiger partial charge in [0.2, 0.25) is 15.9 Å². The van der Waals surface area contributed by atoms with Gasteiger partial charge in [0.25, 0.3) is 0 Å². The van der Waals surface area contributed by atoms with Crippen molar-refractivity contribution in [2.75, 3.05) is 26.7 Å². The van der Waals surface area contributed by atoms with Crippen LogP contribution in [0.5, 0.6) is 5.75 Å². The van der Waals surface area contributed by atoms with Crippen molar-refractivity contribution >= 4 is 27.5 Å². The number of rotatable bonds is 7. The van der Waals surface area contributed by atoms with Gasteiger partial charge in [-0.25, -0.2) is 8.42 Å². The number of ether oxygens (including phenoxy) is 1. The third-order valence-corrected chi connectivity index (χ3v) is 7.21. The molecule has 1 aliphatic heterocycles. The number of sulfonamides is 1. The summed E-state index contributed by atoms with van der Waals surface area (Å²) in [6, 6.07) is 13.8. The molecule has 1 N–H and O–H groups in total. The summed E-state index contributed by atoms with van der Waals surface area (Å²) in [5.74, 6) is 0.149. The Bertz CT molecular complexity index is 930. The number of nitrogens with one attached hydrogen (secondary N) is 1. The Labute approximate surface area is 176 Å². The Kier molecular flexibility index (Phi) is 7.16. The van der Waals surface area contributed by atoms with E-state index in [0.717, 1.165) is 5.56 Å². The van der Waals surface area contributed by atoms with Gasteiger partial charge in [-0.3, -0.25) is 4.79 Å². The van der Waals surface area contributed by atoms with Crippen molar-refractivity contribution in [1.82, 2.24) is 9.62 Å². The van der Waals surface area contributed by atoms with Gasteiger partial charge < -0.3 is 10.1 Å². The molecule has 1 aliphatic rings. The maximum absolute atomic E-state index is 12.9. The van der Waals surface area contributed by atoms with Gasteiger partial charge in [0.05, 0.1) is 17.9 Å². The minimum Gasteiger partial charge on any atom is -0.497 e. The normalized spacial score (nSPS) is 17.7. The van der Waals surface area contributed by atoms with Crippen molar-refractivity contribution in [2.45, 2.75) is 24.2 Å². The first-order valence-corrected chi connectivity index (χ1v) is 11.4. The molecule has 0 radical (unpaired) electrons. The monoisotopic (exact) mass is 436 g/mol. The number of benzene rings is 2. The zero-order valence-corrected chi connectivity index (χ0v) is 17.9. The lowest BCUT2D eigenvalue weighted by molar-refractivity contribution is -0.126. The van der Waals surface area contributed by atoms with Crippen LogP contribution in [0.1, 0.15) is 18.4 Å². The molecule has 2 aromatic carbocycles. The summed E-state index contributed by atoms with van der Waals surface area (Å²) in [7, 11) is -2.10. The molecule has 1 fully saturated rings. The molecule has 8 heteroatoms. The second-order valence-electron chi connectivity index (χ2n) is 7.05. The molecule has 0 spiro atoms. The first kappa shape index (κ1) is 21.6. The highest BCUT2D eigenvalue weighted by atomic mass is 35.5. The Morgan fingerprint density at radius 3 is 2.52 bits per heavy atom. The van der Waals surface area contributed by atoms with E-state index >= 15 is 0 Å². The minimum atomic E-state index is -3.64. The molecule has 0 unspecified atom stereocenters. The van der Waals surface area contributed by atoms with Crippen LogP contribution < -0.4 is 10.1 Å². The first-order chi connectivity index (χ1) is 13.9. The summed E-state index contributed by atoms with van der Waals surface area (Å²) < 4.78 is 32.3. The van der Waals surface area contributed by atoms with E-state index in [1.807, 2.05) is 24.3 Å². The number of amides is 1. The van der Waals surface area contributed by atoms with E-state index in [1.54, 1.807) is 12.1 Å². The smallest absolute Gasteiger partial charge is 0.243 e. The van der Waals surface area contributed by atoms with Crippen LogP contribution in [0.4, 0.5) is 0 Å². The molecule has 0 aromatic heterocycles. The van der Waals surface area contributed by atoms with E-state index in [-0.39, 0.29) is 23.3 Å². The van der Waals surface area contributed by atoms with Crippen LogP contribution in [0.25, 0.3) is 0 Å². The summed E-state index contributed by atoms with van der Waals surface area (Å²) in [6.07, 6.45) is 2.04. The number of hydrogen-bond acceptors (Lipinski definition) is 4. The molecule has 0 saturated carbocycles. The van der Waals surface area contributed by atoms with Crippen LogP contribution in [-0.4, -0.2) is 45.4 Å². The van der Waals surface area contributed by atoms with Gasteiger partial charge in [0, 0.05) is 24.7 Å².